The number of hydrogen-bond acceptors (Lipinski definition) is 2. The van der Waals surface area contributed by atoms with Gasteiger partial charge in [-0.25, -0.2) is 4.39 Å². The summed E-state index contributed by atoms with van der Waals surface area (Å²) in [5.74, 6) is -0.0829. The molecule has 3 heteroatoms. The molecule has 1 aromatic carbocycles. The van der Waals surface area contributed by atoms with Gasteiger partial charge in [0.05, 0.1) is 5.69 Å². The van der Waals surface area contributed by atoms with Gasteiger partial charge in [0.15, 0.2) is 0 Å². The fourth-order valence-electron chi connectivity index (χ4n) is 2.83. The molecule has 0 radical (unpaired) electrons. The van der Waals surface area contributed by atoms with Crippen LogP contribution < -0.4 is 10.2 Å². The normalized spacial score (nSPS) is 18.3. The zero-order valence-corrected chi connectivity index (χ0v) is 13.0. The van der Waals surface area contributed by atoms with Crippen molar-refractivity contribution in [1.29, 1.82) is 0 Å². The van der Waals surface area contributed by atoms with Gasteiger partial charge >= 0.3 is 0 Å². The highest BCUT2D eigenvalue weighted by Crippen LogP contribution is 2.36. The third-order valence-corrected chi connectivity index (χ3v) is 4.76. The van der Waals surface area contributed by atoms with E-state index < -0.39 is 0 Å². The Hall–Kier alpha value is -1.09. The number of rotatable bonds is 5. The minimum Gasteiger partial charge on any atom is -0.369 e. The molecule has 2 nitrogen and oxygen atoms in total. The first-order valence-corrected chi connectivity index (χ1v) is 7.82. The summed E-state index contributed by atoms with van der Waals surface area (Å²) in [5, 5.41) is 3.23. The van der Waals surface area contributed by atoms with E-state index in [4.69, 9.17) is 0 Å². The SMILES string of the molecule is CCNCc1ccc(N2CCC(C)(CC)CC2)c(F)c1. The van der Waals surface area contributed by atoms with Crippen molar-refractivity contribution in [2.24, 2.45) is 5.41 Å². The standard InChI is InChI=1S/C17H27FN2/c1-4-17(3)8-10-20(11-9-17)16-7-6-14(12-15(16)18)13-19-5-2/h6-7,12,19H,4-5,8-11,13H2,1-3H3. The Bertz CT molecular complexity index is 437. The van der Waals surface area contributed by atoms with Crippen LogP contribution in [0.15, 0.2) is 18.2 Å². The van der Waals surface area contributed by atoms with Gasteiger partial charge < -0.3 is 10.2 Å². The van der Waals surface area contributed by atoms with Crippen molar-refractivity contribution in [1.82, 2.24) is 5.32 Å². The van der Waals surface area contributed by atoms with Crippen LogP contribution in [0.2, 0.25) is 0 Å². The fourth-order valence-corrected chi connectivity index (χ4v) is 2.83. The van der Waals surface area contributed by atoms with Gasteiger partial charge in [-0.15, -0.1) is 0 Å². The molecule has 20 heavy (non-hydrogen) atoms. The van der Waals surface area contributed by atoms with E-state index in [1.165, 1.54) is 6.42 Å². The van der Waals surface area contributed by atoms with E-state index in [2.05, 4.69) is 31.0 Å². The second-order valence-corrected chi connectivity index (χ2v) is 6.22. The van der Waals surface area contributed by atoms with Crippen molar-refractivity contribution >= 4 is 5.69 Å². The molecule has 0 bridgehead atoms. The van der Waals surface area contributed by atoms with E-state index in [1.807, 2.05) is 12.1 Å². The van der Waals surface area contributed by atoms with E-state index in [9.17, 15) is 4.39 Å². The average Bonchev–Trinajstić information content (AvgIpc) is 2.46. The van der Waals surface area contributed by atoms with Crippen LogP contribution >= 0.6 is 0 Å². The number of hydrogen-bond donors (Lipinski definition) is 1. The van der Waals surface area contributed by atoms with Gasteiger partial charge in [0.1, 0.15) is 5.82 Å². The van der Waals surface area contributed by atoms with Crippen LogP contribution in [0.1, 0.15) is 45.6 Å². The molecule has 0 aromatic heterocycles. The summed E-state index contributed by atoms with van der Waals surface area (Å²) < 4.78 is 14.3. The highest BCUT2D eigenvalue weighted by molar-refractivity contribution is 5.49. The van der Waals surface area contributed by atoms with E-state index in [1.54, 1.807) is 6.07 Å². The molecule has 0 spiro atoms. The maximum atomic E-state index is 14.3. The molecule has 0 atom stereocenters. The van der Waals surface area contributed by atoms with Gasteiger partial charge in [0.25, 0.3) is 0 Å². The lowest BCUT2D eigenvalue weighted by molar-refractivity contribution is 0.237. The molecule has 0 saturated carbocycles. The van der Waals surface area contributed by atoms with Gasteiger partial charge in [0, 0.05) is 19.6 Å². The number of piperidine rings is 1. The van der Waals surface area contributed by atoms with Gasteiger partial charge in [-0.1, -0.05) is 33.3 Å². The van der Waals surface area contributed by atoms with Crippen LogP contribution in [0.3, 0.4) is 0 Å². The molecule has 1 aliphatic heterocycles. The van der Waals surface area contributed by atoms with Crippen molar-refractivity contribution in [3.63, 3.8) is 0 Å². The van der Waals surface area contributed by atoms with Crippen LogP contribution in [0.25, 0.3) is 0 Å². The monoisotopic (exact) mass is 278 g/mol. The fraction of sp³-hybridized carbons (Fsp3) is 0.647. The first-order chi connectivity index (χ1) is 9.58. The maximum absolute atomic E-state index is 14.3. The minimum atomic E-state index is -0.0829. The predicted molar refractivity (Wildman–Crippen MR) is 83.6 cm³/mol. The highest BCUT2D eigenvalue weighted by atomic mass is 19.1. The number of nitrogens with one attached hydrogen (secondary N) is 1. The van der Waals surface area contributed by atoms with E-state index in [0.717, 1.165) is 50.3 Å². The third kappa shape index (κ3) is 3.51. The summed E-state index contributed by atoms with van der Waals surface area (Å²) >= 11 is 0. The average molecular weight is 278 g/mol. The van der Waals surface area contributed by atoms with Crippen molar-refractivity contribution < 1.29 is 4.39 Å². The smallest absolute Gasteiger partial charge is 0.146 e. The number of halogens is 1. The lowest BCUT2D eigenvalue weighted by Gasteiger charge is -2.40. The molecule has 2 rings (SSSR count). The lowest BCUT2D eigenvalue weighted by atomic mass is 9.78. The Balaban J connectivity index is 2.03. The Labute approximate surface area is 122 Å². The minimum absolute atomic E-state index is 0.0829. The molecule has 0 aliphatic carbocycles. The van der Waals surface area contributed by atoms with Gasteiger partial charge in [-0.05, 0) is 42.5 Å². The number of anilines is 1. The third-order valence-electron chi connectivity index (χ3n) is 4.76. The molecule has 1 saturated heterocycles. The largest absolute Gasteiger partial charge is 0.369 e. The summed E-state index contributed by atoms with van der Waals surface area (Å²) in [6, 6.07) is 5.65. The first kappa shape index (κ1) is 15.3. The summed E-state index contributed by atoms with van der Waals surface area (Å²) in [5.41, 5.74) is 2.23. The van der Waals surface area contributed by atoms with Crippen molar-refractivity contribution in [2.45, 2.75) is 46.6 Å². The molecular formula is C17H27FN2. The molecule has 1 aliphatic rings. The molecule has 0 unspecified atom stereocenters. The van der Waals surface area contributed by atoms with Crippen molar-refractivity contribution in [3.05, 3.63) is 29.6 Å². The molecular weight excluding hydrogens is 251 g/mol. The van der Waals surface area contributed by atoms with Crippen molar-refractivity contribution in [2.75, 3.05) is 24.5 Å². The van der Waals surface area contributed by atoms with E-state index in [0.29, 0.717) is 5.41 Å². The summed E-state index contributed by atoms with van der Waals surface area (Å²) in [7, 11) is 0. The lowest BCUT2D eigenvalue weighted by Crippen LogP contribution is -2.38. The second-order valence-electron chi connectivity index (χ2n) is 6.22. The Morgan fingerprint density at radius 2 is 1.95 bits per heavy atom. The Kier molecular flexibility index (Phi) is 5.03. The maximum Gasteiger partial charge on any atom is 0.146 e. The first-order valence-electron chi connectivity index (χ1n) is 7.82. The van der Waals surface area contributed by atoms with Crippen LogP contribution in [0.5, 0.6) is 0 Å². The molecule has 1 heterocycles. The van der Waals surface area contributed by atoms with Crippen LogP contribution in [0, 0.1) is 11.2 Å². The molecule has 1 N–H and O–H groups in total. The molecule has 112 valence electrons. The Morgan fingerprint density at radius 3 is 2.50 bits per heavy atom. The highest BCUT2D eigenvalue weighted by Gasteiger charge is 2.29. The zero-order valence-electron chi connectivity index (χ0n) is 13.0. The van der Waals surface area contributed by atoms with Crippen LogP contribution in [-0.2, 0) is 6.54 Å². The quantitative estimate of drug-likeness (QED) is 0.877. The van der Waals surface area contributed by atoms with Crippen LogP contribution in [-0.4, -0.2) is 19.6 Å². The van der Waals surface area contributed by atoms with E-state index in [-0.39, 0.29) is 5.82 Å². The molecule has 1 aromatic rings. The van der Waals surface area contributed by atoms with Gasteiger partial charge in [0.2, 0.25) is 0 Å². The van der Waals surface area contributed by atoms with Gasteiger partial charge in [-0.3, -0.25) is 0 Å². The number of nitrogens with zero attached hydrogens (tertiary/aromatic N) is 1. The van der Waals surface area contributed by atoms with Crippen LogP contribution in [0.4, 0.5) is 10.1 Å². The molecule has 1 fully saturated rings. The summed E-state index contributed by atoms with van der Waals surface area (Å²) in [6.07, 6.45) is 3.52. The summed E-state index contributed by atoms with van der Waals surface area (Å²) in [4.78, 5) is 2.20. The molecule has 0 amide bonds. The topological polar surface area (TPSA) is 15.3 Å². The predicted octanol–water partition coefficient (Wildman–Crippen LogP) is 3.95. The van der Waals surface area contributed by atoms with E-state index >= 15 is 0 Å². The van der Waals surface area contributed by atoms with Crippen molar-refractivity contribution in [3.8, 4) is 0 Å². The summed E-state index contributed by atoms with van der Waals surface area (Å²) in [6.45, 7) is 10.2. The zero-order chi connectivity index (χ0) is 14.6. The Morgan fingerprint density at radius 1 is 1.25 bits per heavy atom. The van der Waals surface area contributed by atoms with Gasteiger partial charge in [-0.2, -0.15) is 0 Å². The second kappa shape index (κ2) is 6.57. The number of benzene rings is 1.